The van der Waals surface area contributed by atoms with Gasteiger partial charge in [0.15, 0.2) is 0 Å². The summed E-state index contributed by atoms with van der Waals surface area (Å²) in [6, 6.07) is 4.87. The molecule has 0 saturated heterocycles. The van der Waals surface area contributed by atoms with Crippen LogP contribution in [0.3, 0.4) is 0 Å². The van der Waals surface area contributed by atoms with E-state index in [0.717, 1.165) is 5.39 Å². The van der Waals surface area contributed by atoms with Gasteiger partial charge in [-0.05, 0) is 12.1 Å². The van der Waals surface area contributed by atoms with Crippen molar-refractivity contribution in [1.82, 2.24) is 4.98 Å². The highest BCUT2D eigenvalue weighted by atomic mass is 35.5. The highest BCUT2D eigenvalue weighted by Crippen LogP contribution is 2.26. The number of nitrogens with zero attached hydrogens (tertiary/aromatic N) is 1. The van der Waals surface area contributed by atoms with E-state index >= 15 is 0 Å². The molecule has 14 heavy (non-hydrogen) atoms. The molecule has 2 rings (SSSR count). The molecule has 70 valence electrons. The van der Waals surface area contributed by atoms with Crippen LogP contribution in [0.4, 0.5) is 0 Å². The minimum absolute atomic E-state index is 0.116. The number of aromatic carboxylic acids is 1. The van der Waals surface area contributed by atoms with Gasteiger partial charge in [-0.3, -0.25) is 4.98 Å². The summed E-state index contributed by atoms with van der Waals surface area (Å²) in [6.07, 6.45) is 3.23. The molecule has 0 radical (unpaired) electrons. The average Bonchev–Trinajstić information content (AvgIpc) is 2.18. The van der Waals surface area contributed by atoms with Crippen molar-refractivity contribution in [1.29, 1.82) is 0 Å². The molecule has 0 amide bonds. The number of hydrogen-bond donors (Lipinski definition) is 1. The molecule has 1 aromatic carbocycles. The summed E-state index contributed by atoms with van der Waals surface area (Å²) in [5.74, 6) is -1.02. The molecule has 0 aliphatic carbocycles. The largest absolute Gasteiger partial charge is 0.478 e. The van der Waals surface area contributed by atoms with Gasteiger partial charge in [0.1, 0.15) is 0 Å². The quantitative estimate of drug-likeness (QED) is 0.782. The second-order valence-corrected chi connectivity index (χ2v) is 3.21. The van der Waals surface area contributed by atoms with Crippen LogP contribution in [0.15, 0.2) is 30.6 Å². The van der Waals surface area contributed by atoms with Gasteiger partial charge in [-0.2, -0.15) is 0 Å². The molecular formula is C10H6ClNO2. The van der Waals surface area contributed by atoms with Crippen molar-refractivity contribution in [3.8, 4) is 0 Å². The molecular weight excluding hydrogens is 202 g/mol. The zero-order valence-electron chi connectivity index (χ0n) is 7.07. The number of rotatable bonds is 1. The van der Waals surface area contributed by atoms with Gasteiger partial charge in [0, 0.05) is 23.2 Å². The van der Waals surface area contributed by atoms with E-state index in [1.807, 2.05) is 0 Å². The fourth-order valence-electron chi connectivity index (χ4n) is 1.30. The Morgan fingerprint density at radius 2 is 2.14 bits per heavy atom. The Morgan fingerprint density at radius 1 is 1.36 bits per heavy atom. The number of aromatic nitrogens is 1. The molecule has 0 aliphatic rings. The van der Waals surface area contributed by atoms with Crippen LogP contribution < -0.4 is 0 Å². The number of pyridine rings is 1. The van der Waals surface area contributed by atoms with Crippen molar-refractivity contribution in [3.63, 3.8) is 0 Å². The summed E-state index contributed by atoms with van der Waals surface area (Å²) in [4.78, 5) is 14.7. The van der Waals surface area contributed by atoms with Crippen molar-refractivity contribution in [3.05, 3.63) is 41.2 Å². The third-order valence-electron chi connectivity index (χ3n) is 1.98. The van der Waals surface area contributed by atoms with Crippen molar-refractivity contribution in [2.45, 2.75) is 0 Å². The molecule has 0 bridgehead atoms. The van der Waals surface area contributed by atoms with Crippen LogP contribution in [-0.2, 0) is 0 Å². The Balaban J connectivity index is 2.81. The first kappa shape index (κ1) is 8.97. The van der Waals surface area contributed by atoms with E-state index in [4.69, 9.17) is 16.7 Å². The smallest absolute Gasteiger partial charge is 0.337 e. The van der Waals surface area contributed by atoms with Gasteiger partial charge in [-0.1, -0.05) is 17.7 Å². The van der Waals surface area contributed by atoms with Crippen LogP contribution in [0.2, 0.25) is 5.02 Å². The molecule has 1 aromatic heterocycles. The lowest BCUT2D eigenvalue weighted by Crippen LogP contribution is -1.97. The number of fused-ring (bicyclic) bond motifs is 1. The topological polar surface area (TPSA) is 50.2 Å². The minimum Gasteiger partial charge on any atom is -0.478 e. The lowest BCUT2D eigenvalue weighted by molar-refractivity contribution is 0.0697. The molecule has 0 atom stereocenters. The highest BCUT2D eigenvalue weighted by Gasteiger charge is 2.10. The molecule has 0 unspecified atom stereocenters. The third kappa shape index (κ3) is 1.32. The minimum atomic E-state index is -1.02. The molecule has 0 fully saturated rings. The van der Waals surface area contributed by atoms with Crippen molar-refractivity contribution in [2.24, 2.45) is 0 Å². The number of hydrogen-bond acceptors (Lipinski definition) is 2. The van der Waals surface area contributed by atoms with Gasteiger partial charge < -0.3 is 5.11 Å². The van der Waals surface area contributed by atoms with Crippen molar-refractivity contribution < 1.29 is 9.90 Å². The number of benzene rings is 1. The summed E-state index contributed by atoms with van der Waals surface area (Å²) >= 11 is 5.93. The summed E-state index contributed by atoms with van der Waals surface area (Å²) in [5.41, 5.74) is 0.116. The predicted octanol–water partition coefficient (Wildman–Crippen LogP) is 2.59. The molecule has 0 saturated carbocycles. The van der Waals surface area contributed by atoms with Crippen LogP contribution >= 0.6 is 11.6 Å². The Morgan fingerprint density at radius 3 is 2.86 bits per heavy atom. The zero-order chi connectivity index (χ0) is 10.1. The van der Waals surface area contributed by atoms with Gasteiger partial charge >= 0.3 is 5.97 Å². The third-order valence-corrected chi connectivity index (χ3v) is 2.39. The summed E-state index contributed by atoms with van der Waals surface area (Å²) < 4.78 is 0. The van der Waals surface area contributed by atoms with Crippen molar-refractivity contribution >= 4 is 28.3 Å². The van der Waals surface area contributed by atoms with Crippen LogP contribution in [-0.4, -0.2) is 16.1 Å². The first-order valence-corrected chi connectivity index (χ1v) is 4.33. The molecule has 0 spiro atoms. The predicted molar refractivity (Wildman–Crippen MR) is 53.7 cm³/mol. The standard InChI is InChI=1S/C10H6ClNO2/c11-9-7-3-4-12-5-6(7)1-2-8(9)10(13)14/h1-5H,(H,13,14). The van der Waals surface area contributed by atoms with E-state index in [2.05, 4.69) is 4.98 Å². The second kappa shape index (κ2) is 3.27. The van der Waals surface area contributed by atoms with Crippen LogP contribution in [0.5, 0.6) is 0 Å². The van der Waals surface area contributed by atoms with Crippen LogP contribution in [0, 0.1) is 0 Å². The molecule has 1 heterocycles. The summed E-state index contributed by atoms with van der Waals surface area (Å²) in [7, 11) is 0. The summed E-state index contributed by atoms with van der Waals surface area (Å²) in [6.45, 7) is 0. The maximum Gasteiger partial charge on any atom is 0.337 e. The Labute approximate surface area is 85.0 Å². The Bertz CT molecular complexity index is 510. The Hall–Kier alpha value is -1.61. The van der Waals surface area contributed by atoms with Crippen LogP contribution in [0.1, 0.15) is 10.4 Å². The van der Waals surface area contributed by atoms with E-state index in [1.54, 1.807) is 24.5 Å². The normalized spacial score (nSPS) is 10.4. The molecule has 2 aromatic rings. The molecule has 3 nitrogen and oxygen atoms in total. The van der Waals surface area contributed by atoms with Crippen molar-refractivity contribution in [2.75, 3.05) is 0 Å². The zero-order valence-corrected chi connectivity index (χ0v) is 7.82. The van der Waals surface area contributed by atoms with E-state index in [9.17, 15) is 4.79 Å². The van der Waals surface area contributed by atoms with Gasteiger partial charge in [-0.15, -0.1) is 0 Å². The second-order valence-electron chi connectivity index (χ2n) is 2.83. The van der Waals surface area contributed by atoms with E-state index in [0.29, 0.717) is 5.39 Å². The van der Waals surface area contributed by atoms with Gasteiger partial charge in [0.05, 0.1) is 10.6 Å². The highest BCUT2D eigenvalue weighted by molar-refractivity contribution is 6.38. The first-order chi connectivity index (χ1) is 6.70. The molecule has 4 heteroatoms. The fourth-order valence-corrected chi connectivity index (χ4v) is 1.61. The first-order valence-electron chi connectivity index (χ1n) is 3.95. The maximum atomic E-state index is 10.8. The maximum absolute atomic E-state index is 10.8. The summed E-state index contributed by atoms with van der Waals surface area (Å²) in [5, 5.41) is 10.6. The lowest BCUT2D eigenvalue weighted by Gasteiger charge is -2.02. The SMILES string of the molecule is O=C(O)c1ccc2cnccc2c1Cl. The molecule has 1 N–H and O–H groups in total. The monoisotopic (exact) mass is 207 g/mol. The number of carboxylic acid groups (broad SMARTS) is 1. The van der Waals surface area contributed by atoms with E-state index < -0.39 is 5.97 Å². The van der Waals surface area contributed by atoms with E-state index in [1.165, 1.54) is 6.07 Å². The number of carboxylic acids is 1. The van der Waals surface area contributed by atoms with Crippen LogP contribution in [0.25, 0.3) is 10.8 Å². The number of halogens is 1. The van der Waals surface area contributed by atoms with E-state index in [-0.39, 0.29) is 10.6 Å². The number of carbonyl (C=O) groups is 1. The Kier molecular flexibility index (Phi) is 2.09. The fraction of sp³-hybridized carbons (Fsp3) is 0. The molecule has 0 aliphatic heterocycles. The average molecular weight is 208 g/mol. The van der Waals surface area contributed by atoms with Gasteiger partial charge in [0.25, 0.3) is 0 Å². The lowest BCUT2D eigenvalue weighted by atomic mass is 10.1. The van der Waals surface area contributed by atoms with Gasteiger partial charge in [0.2, 0.25) is 0 Å². The van der Waals surface area contributed by atoms with Gasteiger partial charge in [-0.25, -0.2) is 4.79 Å².